The number of aliphatic hydroxyl groups excluding tert-OH is 1. The van der Waals surface area contributed by atoms with Crippen molar-refractivity contribution in [3.8, 4) is 0 Å². The second-order valence-corrected chi connectivity index (χ2v) is 6.09. The monoisotopic (exact) mass is 377 g/mol. The fourth-order valence-corrected chi connectivity index (χ4v) is 3.20. The maximum Gasteiger partial charge on any atom is 0.294 e. The molecule has 0 unspecified atom stereocenters. The van der Waals surface area contributed by atoms with Gasteiger partial charge in [0.05, 0.1) is 26.5 Å². The van der Waals surface area contributed by atoms with E-state index in [0.717, 1.165) is 12.8 Å². The third-order valence-electron chi connectivity index (χ3n) is 4.49. The zero-order chi connectivity index (χ0) is 19.6. The van der Waals surface area contributed by atoms with Crippen LogP contribution in [0.4, 0.5) is 11.5 Å². The van der Waals surface area contributed by atoms with Gasteiger partial charge >= 0.3 is 0 Å². The molecule has 4 N–H and O–H groups in total. The van der Waals surface area contributed by atoms with E-state index in [1.54, 1.807) is 9.36 Å². The maximum atomic E-state index is 12.7. The number of ether oxygens (including phenoxy) is 2. The van der Waals surface area contributed by atoms with Crippen molar-refractivity contribution in [2.45, 2.75) is 25.9 Å². The predicted octanol–water partition coefficient (Wildman–Crippen LogP) is -0.349. The fourth-order valence-electron chi connectivity index (χ4n) is 3.20. The summed E-state index contributed by atoms with van der Waals surface area (Å²) in [5, 5.41) is 12.0. The summed E-state index contributed by atoms with van der Waals surface area (Å²) in [6.45, 7) is 1.25. The van der Waals surface area contributed by atoms with Gasteiger partial charge < -0.3 is 25.6 Å². The lowest BCUT2D eigenvalue weighted by molar-refractivity contribution is -0.118. The highest BCUT2D eigenvalue weighted by atomic mass is 16.5. The Morgan fingerprint density at radius 2 is 1.93 bits per heavy atom. The standard InChI is InChI=1S/C17H23N5O5/c1-26-11-9-10(12(19-5-8-23)15(27-2)14(11)24)20-13-16(18)21-6-3-4-7-22(21)17(13)25/h9,19,23H,3-8,18H2,1-2H3. The number of fused-ring (bicyclic) bond motifs is 1. The topological polar surface area (TPSA) is 133 Å². The van der Waals surface area contributed by atoms with E-state index in [2.05, 4.69) is 10.3 Å². The number of allylic oxidation sites excluding steroid dienone is 1. The smallest absolute Gasteiger partial charge is 0.294 e. The molecule has 1 aromatic heterocycles. The Morgan fingerprint density at radius 3 is 2.52 bits per heavy atom. The van der Waals surface area contributed by atoms with Gasteiger partial charge in [-0.3, -0.25) is 14.3 Å². The van der Waals surface area contributed by atoms with Gasteiger partial charge in [-0.05, 0) is 12.8 Å². The van der Waals surface area contributed by atoms with E-state index in [0.29, 0.717) is 13.1 Å². The molecule has 27 heavy (non-hydrogen) atoms. The minimum absolute atomic E-state index is 0.0100. The van der Waals surface area contributed by atoms with Crippen LogP contribution in [0.25, 0.3) is 0 Å². The average Bonchev–Trinajstić information content (AvgIpc) is 2.92. The number of Topliss-reactive ketones (excluding diaryl/α,β-unsaturated/α-hetero) is 1. The number of nitrogens with zero attached hydrogens (tertiary/aromatic N) is 3. The zero-order valence-electron chi connectivity index (χ0n) is 15.3. The van der Waals surface area contributed by atoms with Crippen molar-refractivity contribution in [1.29, 1.82) is 0 Å². The Bertz CT molecular complexity index is 906. The van der Waals surface area contributed by atoms with Crippen molar-refractivity contribution in [2.24, 2.45) is 4.99 Å². The molecule has 0 bridgehead atoms. The molecule has 1 aromatic rings. The number of rotatable bonds is 6. The molecule has 0 atom stereocenters. The minimum atomic E-state index is -0.458. The summed E-state index contributed by atoms with van der Waals surface area (Å²) in [5.74, 6) is -0.163. The highest BCUT2D eigenvalue weighted by Gasteiger charge is 2.30. The van der Waals surface area contributed by atoms with Gasteiger partial charge in [0, 0.05) is 25.7 Å². The number of anilines is 1. The number of hydrogen-bond donors (Lipinski definition) is 3. The Morgan fingerprint density at radius 1 is 1.22 bits per heavy atom. The summed E-state index contributed by atoms with van der Waals surface area (Å²) in [6, 6.07) is 0. The van der Waals surface area contributed by atoms with Gasteiger partial charge in [-0.2, -0.15) is 0 Å². The molecule has 0 aromatic carbocycles. The molecule has 0 fully saturated rings. The van der Waals surface area contributed by atoms with Gasteiger partial charge in [-0.1, -0.05) is 0 Å². The van der Waals surface area contributed by atoms with E-state index >= 15 is 0 Å². The molecular formula is C17H23N5O5. The number of carbonyl (C=O) groups is 1. The van der Waals surface area contributed by atoms with Gasteiger partial charge in [0.25, 0.3) is 11.3 Å². The molecule has 10 nitrogen and oxygen atoms in total. The van der Waals surface area contributed by atoms with Gasteiger partial charge in [0.2, 0.25) is 0 Å². The molecule has 0 spiro atoms. The van der Waals surface area contributed by atoms with Gasteiger partial charge in [-0.25, -0.2) is 9.67 Å². The van der Waals surface area contributed by atoms with Crippen molar-refractivity contribution in [2.75, 3.05) is 33.1 Å². The number of aliphatic imine (C=N–C) groups is 1. The molecule has 10 heteroatoms. The van der Waals surface area contributed by atoms with Crippen molar-refractivity contribution < 1.29 is 19.4 Å². The number of aliphatic hydroxyl groups is 1. The molecular weight excluding hydrogens is 354 g/mol. The van der Waals surface area contributed by atoms with E-state index in [9.17, 15) is 9.59 Å². The average molecular weight is 377 g/mol. The SMILES string of the molecule is COC1=CC(=Nc2c(N)n3n(c2=O)CCCC3)C(NCCO)=C(OC)C1=O. The molecule has 0 saturated heterocycles. The van der Waals surface area contributed by atoms with E-state index in [4.69, 9.17) is 20.3 Å². The van der Waals surface area contributed by atoms with Crippen LogP contribution in [0.3, 0.4) is 0 Å². The Hall–Kier alpha value is -3.01. The van der Waals surface area contributed by atoms with Crippen LogP contribution in [-0.2, 0) is 27.4 Å². The molecule has 2 heterocycles. The normalized spacial score (nSPS) is 18.4. The second-order valence-electron chi connectivity index (χ2n) is 6.09. The summed E-state index contributed by atoms with van der Waals surface area (Å²) in [5.41, 5.74) is 6.51. The molecule has 1 aliphatic heterocycles. The lowest BCUT2D eigenvalue weighted by atomic mass is 10.0. The van der Waals surface area contributed by atoms with Crippen molar-refractivity contribution in [3.63, 3.8) is 0 Å². The van der Waals surface area contributed by atoms with Crippen LogP contribution >= 0.6 is 0 Å². The quantitative estimate of drug-likeness (QED) is 0.577. The predicted molar refractivity (Wildman–Crippen MR) is 98.7 cm³/mol. The van der Waals surface area contributed by atoms with Crippen LogP contribution in [0.5, 0.6) is 0 Å². The largest absolute Gasteiger partial charge is 0.492 e. The first-order valence-corrected chi connectivity index (χ1v) is 8.65. The Balaban J connectivity index is 2.16. The molecule has 146 valence electrons. The first-order valence-electron chi connectivity index (χ1n) is 8.65. The van der Waals surface area contributed by atoms with E-state index in [-0.39, 0.29) is 53.1 Å². The molecule has 0 amide bonds. The number of methoxy groups -OCH3 is 2. The van der Waals surface area contributed by atoms with Crippen LogP contribution < -0.4 is 16.6 Å². The number of nitrogen functional groups attached to an aromatic ring is 1. The molecule has 3 rings (SSSR count). The van der Waals surface area contributed by atoms with E-state index in [1.807, 2.05) is 0 Å². The zero-order valence-corrected chi connectivity index (χ0v) is 15.3. The molecule has 1 aliphatic carbocycles. The first kappa shape index (κ1) is 18.8. The number of aromatic nitrogens is 2. The summed E-state index contributed by atoms with van der Waals surface area (Å²) < 4.78 is 13.6. The number of hydrogen-bond acceptors (Lipinski definition) is 8. The number of carbonyl (C=O) groups excluding carboxylic acids is 1. The maximum absolute atomic E-state index is 12.7. The third-order valence-corrected chi connectivity index (χ3v) is 4.49. The van der Waals surface area contributed by atoms with Crippen molar-refractivity contribution in [1.82, 2.24) is 14.7 Å². The molecule has 0 saturated carbocycles. The van der Waals surface area contributed by atoms with Crippen molar-refractivity contribution >= 4 is 23.0 Å². The molecule has 2 aliphatic rings. The number of nitrogens with one attached hydrogen (secondary N) is 1. The minimum Gasteiger partial charge on any atom is -0.492 e. The lowest BCUT2D eigenvalue weighted by Crippen LogP contribution is -2.31. The van der Waals surface area contributed by atoms with Crippen molar-refractivity contribution in [3.05, 3.63) is 33.6 Å². The Kier molecular flexibility index (Phi) is 5.36. The van der Waals surface area contributed by atoms with Crippen LogP contribution in [-0.4, -0.2) is 53.3 Å². The number of nitrogens with two attached hydrogens (primary N) is 1. The van der Waals surface area contributed by atoms with Crippen LogP contribution in [0, 0.1) is 0 Å². The molecule has 0 radical (unpaired) electrons. The first-order chi connectivity index (χ1) is 13.0. The summed E-state index contributed by atoms with van der Waals surface area (Å²) >= 11 is 0. The van der Waals surface area contributed by atoms with E-state index < -0.39 is 5.78 Å². The highest BCUT2D eigenvalue weighted by Crippen LogP contribution is 2.26. The van der Waals surface area contributed by atoms with Crippen LogP contribution in [0.2, 0.25) is 0 Å². The summed E-state index contributed by atoms with van der Waals surface area (Å²) in [4.78, 5) is 29.6. The third kappa shape index (κ3) is 3.23. The fraction of sp³-hybridized carbons (Fsp3) is 0.471. The Labute approximate surface area is 155 Å². The number of ketones is 1. The summed E-state index contributed by atoms with van der Waals surface area (Å²) in [6.07, 6.45) is 3.26. The summed E-state index contributed by atoms with van der Waals surface area (Å²) in [7, 11) is 2.71. The second kappa shape index (κ2) is 7.70. The van der Waals surface area contributed by atoms with Gasteiger partial charge in [-0.15, -0.1) is 0 Å². The lowest BCUT2D eigenvalue weighted by Gasteiger charge is -2.20. The van der Waals surface area contributed by atoms with Crippen LogP contribution in [0.15, 0.2) is 33.1 Å². The van der Waals surface area contributed by atoms with E-state index in [1.165, 1.54) is 20.3 Å². The highest BCUT2D eigenvalue weighted by molar-refractivity contribution is 6.23. The van der Waals surface area contributed by atoms with Gasteiger partial charge in [0.15, 0.2) is 23.0 Å². The van der Waals surface area contributed by atoms with Crippen LogP contribution in [0.1, 0.15) is 12.8 Å². The van der Waals surface area contributed by atoms with Gasteiger partial charge in [0.1, 0.15) is 5.70 Å².